The summed E-state index contributed by atoms with van der Waals surface area (Å²) in [4.78, 5) is 11.8. The molecule has 5 nitrogen and oxygen atoms in total. The molecule has 0 aliphatic carbocycles. The summed E-state index contributed by atoms with van der Waals surface area (Å²) >= 11 is 0. The molecule has 0 unspecified atom stereocenters. The molecule has 1 amide bonds. The number of aryl methyl sites for hydroxylation is 2. The first-order valence-electron chi connectivity index (χ1n) is 6.32. The fourth-order valence-corrected chi connectivity index (χ4v) is 1.82. The van der Waals surface area contributed by atoms with Gasteiger partial charge in [-0.05, 0) is 50.2 Å². The van der Waals surface area contributed by atoms with Gasteiger partial charge in [-0.1, -0.05) is 0 Å². The maximum Gasteiger partial charge on any atom is 0.276 e. The van der Waals surface area contributed by atoms with Crippen LogP contribution in [0.4, 0.5) is 0 Å². The topological polar surface area (TPSA) is 52.5 Å². The fourth-order valence-electron chi connectivity index (χ4n) is 1.82. The third-order valence-corrected chi connectivity index (χ3v) is 2.94. The Bertz CT molecular complexity index is 568. The van der Waals surface area contributed by atoms with Gasteiger partial charge in [-0.25, -0.2) is 0 Å². The number of carbonyl (C=O) groups is 1. The molecule has 0 fully saturated rings. The zero-order valence-corrected chi connectivity index (χ0v) is 11.8. The summed E-state index contributed by atoms with van der Waals surface area (Å²) < 4.78 is 12.2. The van der Waals surface area contributed by atoms with Crippen molar-refractivity contribution < 1.29 is 14.3 Å². The third-order valence-electron chi connectivity index (χ3n) is 2.94. The van der Waals surface area contributed by atoms with E-state index in [0.29, 0.717) is 5.75 Å². The van der Waals surface area contributed by atoms with Crippen molar-refractivity contribution in [3.8, 4) is 11.5 Å². The summed E-state index contributed by atoms with van der Waals surface area (Å²) in [5.41, 5.74) is 4.72. The van der Waals surface area contributed by atoms with Crippen LogP contribution in [0.15, 0.2) is 36.4 Å². The van der Waals surface area contributed by atoms with E-state index < -0.39 is 0 Å². The average Bonchev–Trinajstić information content (AvgIpc) is 2.77. The van der Waals surface area contributed by atoms with Crippen molar-refractivity contribution in [2.45, 2.75) is 13.8 Å². The van der Waals surface area contributed by atoms with Crippen LogP contribution in [0.2, 0.25) is 0 Å². The number of hydrogen-bond donors (Lipinski definition) is 1. The number of benzene rings is 1. The highest BCUT2D eigenvalue weighted by molar-refractivity contribution is 5.85. The molecule has 1 N–H and O–H groups in total. The number of methoxy groups -OCH3 is 1. The Morgan fingerprint density at radius 2 is 1.60 bits per heavy atom. The van der Waals surface area contributed by atoms with Gasteiger partial charge in [-0.15, -0.1) is 0 Å². The molecule has 20 heavy (non-hydrogen) atoms. The van der Waals surface area contributed by atoms with Crippen molar-refractivity contribution in [1.82, 2.24) is 4.68 Å². The van der Waals surface area contributed by atoms with Gasteiger partial charge in [-0.2, -0.15) is 0 Å². The molecule has 5 heteroatoms. The summed E-state index contributed by atoms with van der Waals surface area (Å²) in [5.74, 6) is 1.17. The number of amides is 1. The molecule has 0 saturated carbocycles. The lowest BCUT2D eigenvalue weighted by atomic mass is 10.3. The number of nitrogens with one attached hydrogen (secondary N) is 1. The van der Waals surface area contributed by atoms with Crippen LogP contribution in [0.5, 0.6) is 11.5 Å². The van der Waals surface area contributed by atoms with Crippen molar-refractivity contribution in [1.29, 1.82) is 0 Å². The van der Waals surface area contributed by atoms with E-state index in [4.69, 9.17) is 9.47 Å². The molecule has 0 bridgehead atoms. The number of carbonyl (C=O) groups excluding carboxylic acids is 1. The molecule has 1 aromatic carbocycles. The summed E-state index contributed by atoms with van der Waals surface area (Å²) in [6, 6.07) is 11.0. The first-order valence-corrected chi connectivity index (χ1v) is 6.32. The normalized spacial score (nSPS) is 10.2. The van der Waals surface area contributed by atoms with Crippen LogP contribution in [-0.2, 0) is 4.79 Å². The van der Waals surface area contributed by atoms with Crippen molar-refractivity contribution in [2.24, 2.45) is 0 Å². The van der Waals surface area contributed by atoms with Crippen LogP contribution in [-0.4, -0.2) is 24.3 Å². The molecule has 2 aromatic rings. The summed E-state index contributed by atoms with van der Waals surface area (Å²) in [6.45, 7) is 3.82. The van der Waals surface area contributed by atoms with Gasteiger partial charge in [0, 0.05) is 11.4 Å². The van der Waals surface area contributed by atoms with Crippen LogP contribution in [0.3, 0.4) is 0 Å². The Balaban J connectivity index is 1.89. The summed E-state index contributed by atoms with van der Waals surface area (Å²) in [5, 5.41) is 0. The monoisotopic (exact) mass is 274 g/mol. The van der Waals surface area contributed by atoms with Crippen molar-refractivity contribution in [3.05, 3.63) is 47.8 Å². The van der Waals surface area contributed by atoms with E-state index in [1.165, 1.54) is 0 Å². The summed E-state index contributed by atoms with van der Waals surface area (Å²) in [6.07, 6.45) is 0. The number of aromatic nitrogens is 1. The second kappa shape index (κ2) is 6.14. The van der Waals surface area contributed by atoms with E-state index >= 15 is 0 Å². The summed E-state index contributed by atoms with van der Waals surface area (Å²) in [7, 11) is 1.60. The zero-order chi connectivity index (χ0) is 14.5. The van der Waals surface area contributed by atoms with Gasteiger partial charge < -0.3 is 9.47 Å². The highest BCUT2D eigenvalue weighted by Crippen LogP contribution is 2.16. The molecule has 0 saturated heterocycles. The van der Waals surface area contributed by atoms with E-state index in [9.17, 15) is 4.79 Å². The van der Waals surface area contributed by atoms with Gasteiger partial charge in [0.2, 0.25) is 0 Å². The van der Waals surface area contributed by atoms with Crippen LogP contribution < -0.4 is 14.9 Å². The maximum atomic E-state index is 11.8. The Hall–Kier alpha value is -2.43. The number of ether oxygens (including phenoxy) is 2. The van der Waals surface area contributed by atoms with E-state index in [2.05, 4.69) is 5.43 Å². The highest BCUT2D eigenvalue weighted by Gasteiger charge is 2.07. The van der Waals surface area contributed by atoms with Crippen LogP contribution in [0.1, 0.15) is 11.4 Å². The second-order valence-electron chi connectivity index (χ2n) is 4.45. The molecule has 0 aliphatic heterocycles. The Labute approximate surface area is 118 Å². The van der Waals surface area contributed by atoms with Crippen LogP contribution in [0.25, 0.3) is 0 Å². The minimum Gasteiger partial charge on any atom is -0.497 e. The predicted molar refractivity (Wildman–Crippen MR) is 76.8 cm³/mol. The molecule has 0 aliphatic rings. The fraction of sp³-hybridized carbons (Fsp3) is 0.267. The van der Waals surface area contributed by atoms with Crippen molar-refractivity contribution >= 4 is 5.91 Å². The van der Waals surface area contributed by atoms with Crippen molar-refractivity contribution in [3.63, 3.8) is 0 Å². The SMILES string of the molecule is COc1ccc(OCC(=O)Nn2c(C)ccc2C)cc1. The number of nitrogens with zero attached hydrogens (tertiary/aromatic N) is 1. The molecular formula is C15H18N2O3. The van der Waals surface area contributed by atoms with Gasteiger partial charge >= 0.3 is 0 Å². The minimum absolute atomic E-state index is 0.0383. The van der Waals surface area contributed by atoms with Gasteiger partial charge in [0.05, 0.1) is 7.11 Å². The molecule has 2 rings (SSSR count). The lowest BCUT2D eigenvalue weighted by Crippen LogP contribution is -2.29. The van der Waals surface area contributed by atoms with Crippen LogP contribution >= 0.6 is 0 Å². The van der Waals surface area contributed by atoms with Crippen molar-refractivity contribution in [2.75, 3.05) is 19.1 Å². The third kappa shape index (κ3) is 3.32. The van der Waals surface area contributed by atoms with Gasteiger partial charge in [0.25, 0.3) is 5.91 Å². The van der Waals surface area contributed by atoms with E-state index in [-0.39, 0.29) is 12.5 Å². The molecule has 0 spiro atoms. The highest BCUT2D eigenvalue weighted by atomic mass is 16.5. The average molecular weight is 274 g/mol. The lowest BCUT2D eigenvalue weighted by molar-refractivity contribution is -0.119. The first kappa shape index (κ1) is 14.0. The first-order chi connectivity index (χ1) is 9.60. The predicted octanol–water partition coefficient (Wildman–Crippen LogP) is 2.26. The number of hydrogen-bond acceptors (Lipinski definition) is 3. The molecular weight excluding hydrogens is 256 g/mol. The zero-order valence-electron chi connectivity index (χ0n) is 11.8. The Morgan fingerprint density at radius 1 is 1.05 bits per heavy atom. The van der Waals surface area contributed by atoms with Gasteiger partial charge in [0.1, 0.15) is 11.5 Å². The molecule has 0 radical (unpaired) electrons. The molecule has 0 atom stereocenters. The Kier molecular flexibility index (Phi) is 4.30. The minimum atomic E-state index is -0.205. The molecule has 1 heterocycles. The van der Waals surface area contributed by atoms with E-state index in [0.717, 1.165) is 17.1 Å². The van der Waals surface area contributed by atoms with Gasteiger partial charge in [0.15, 0.2) is 6.61 Å². The molecule has 1 aromatic heterocycles. The van der Waals surface area contributed by atoms with Gasteiger partial charge in [-0.3, -0.25) is 14.9 Å². The van der Waals surface area contributed by atoms with E-state index in [1.54, 1.807) is 36.1 Å². The smallest absolute Gasteiger partial charge is 0.276 e. The maximum absolute atomic E-state index is 11.8. The quantitative estimate of drug-likeness (QED) is 0.910. The lowest BCUT2D eigenvalue weighted by Gasteiger charge is -2.12. The Morgan fingerprint density at radius 3 is 2.15 bits per heavy atom. The number of rotatable bonds is 5. The van der Waals surface area contributed by atoms with Crippen LogP contribution in [0, 0.1) is 13.8 Å². The second-order valence-corrected chi connectivity index (χ2v) is 4.45. The molecule has 106 valence electrons. The standard InChI is InChI=1S/C15H18N2O3/c1-11-4-5-12(2)17(11)16-15(18)10-20-14-8-6-13(19-3)7-9-14/h4-9H,10H2,1-3H3,(H,16,18). The van der Waals surface area contributed by atoms with E-state index in [1.807, 2.05) is 26.0 Å². The largest absolute Gasteiger partial charge is 0.497 e.